The van der Waals surface area contributed by atoms with Crippen LogP contribution in [-0.2, 0) is 6.18 Å². The average molecular weight is 393 g/mol. The summed E-state index contributed by atoms with van der Waals surface area (Å²) in [5.74, 6) is -0.581. The van der Waals surface area contributed by atoms with Crippen LogP contribution in [0.25, 0.3) is 0 Å². The number of anilines is 1. The molecule has 28 heavy (non-hydrogen) atoms. The van der Waals surface area contributed by atoms with Gasteiger partial charge in [0.1, 0.15) is 0 Å². The zero-order valence-electron chi connectivity index (χ0n) is 14.8. The Morgan fingerprint density at radius 3 is 2.50 bits per heavy atom. The number of nitrogens with zero attached hydrogens (tertiary/aromatic N) is 3. The number of rotatable bonds is 4. The predicted octanol–water partition coefficient (Wildman–Crippen LogP) is 5.06. The molecule has 0 saturated carbocycles. The van der Waals surface area contributed by atoms with Crippen molar-refractivity contribution in [3.05, 3.63) is 57.6 Å². The Bertz CT molecular complexity index is 907. The van der Waals surface area contributed by atoms with Crippen LogP contribution < -0.4 is 4.90 Å². The van der Waals surface area contributed by atoms with Gasteiger partial charge in [-0.2, -0.15) is 13.2 Å². The van der Waals surface area contributed by atoms with Crippen LogP contribution in [0.1, 0.15) is 30.4 Å². The van der Waals surface area contributed by atoms with Gasteiger partial charge in [-0.25, -0.2) is 0 Å². The average Bonchev–Trinajstić information content (AvgIpc) is 2.66. The van der Waals surface area contributed by atoms with Crippen molar-refractivity contribution in [2.45, 2.75) is 25.4 Å². The number of halogens is 3. The molecule has 0 aliphatic carbocycles. The van der Waals surface area contributed by atoms with Crippen molar-refractivity contribution in [3.63, 3.8) is 0 Å². The summed E-state index contributed by atoms with van der Waals surface area (Å²) in [5.41, 5.74) is -0.611. The van der Waals surface area contributed by atoms with Gasteiger partial charge in [0.15, 0.2) is 0 Å². The molecule has 3 rings (SSSR count). The first kappa shape index (κ1) is 19.7. The molecule has 0 radical (unpaired) electrons. The number of nitro benzene ring substituents is 1. The Morgan fingerprint density at radius 2 is 1.86 bits per heavy atom. The highest BCUT2D eigenvalue weighted by molar-refractivity contribution is 5.88. The number of para-hydroxylation sites is 1. The molecule has 1 fully saturated rings. The zero-order chi connectivity index (χ0) is 20.3. The monoisotopic (exact) mass is 393 g/mol. The Labute approximate surface area is 159 Å². The van der Waals surface area contributed by atoms with E-state index in [0.29, 0.717) is 5.69 Å². The summed E-state index contributed by atoms with van der Waals surface area (Å²) in [6.45, 7) is 1.44. The molecule has 9 heteroatoms. The molecule has 0 unspecified atom stereocenters. The number of alkyl halides is 3. The quantitative estimate of drug-likeness (QED) is 0.447. The van der Waals surface area contributed by atoms with E-state index < -0.39 is 28.1 Å². The molecule has 0 atom stereocenters. The van der Waals surface area contributed by atoms with Crippen LogP contribution >= 0.6 is 0 Å². The summed E-state index contributed by atoms with van der Waals surface area (Å²) >= 11 is 0. The summed E-state index contributed by atoms with van der Waals surface area (Å²) in [5, 5.41) is 20.9. The van der Waals surface area contributed by atoms with Crippen molar-refractivity contribution in [1.29, 1.82) is 0 Å². The zero-order valence-corrected chi connectivity index (χ0v) is 14.8. The SMILES string of the molecule is O=[N+]([O-])c1cccc(C=Nc2cc(C(F)(F)F)ccc2N2CCCCC2)c1O. The largest absolute Gasteiger partial charge is 0.502 e. The van der Waals surface area contributed by atoms with Gasteiger partial charge in [0.25, 0.3) is 0 Å². The van der Waals surface area contributed by atoms with E-state index in [2.05, 4.69) is 4.99 Å². The van der Waals surface area contributed by atoms with Crippen molar-refractivity contribution in [2.24, 2.45) is 4.99 Å². The number of phenolic OH excluding ortho intramolecular Hbond substituents is 1. The Morgan fingerprint density at radius 1 is 1.14 bits per heavy atom. The van der Waals surface area contributed by atoms with Crippen molar-refractivity contribution in [3.8, 4) is 5.75 Å². The third-order valence-electron chi connectivity index (χ3n) is 4.58. The highest BCUT2D eigenvalue weighted by Crippen LogP contribution is 2.38. The summed E-state index contributed by atoms with van der Waals surface area (Å²) in [7, 11) is 0. The third-order valence-corrected chi connectivity index (χ3v) is 4.58. The number of hydrogen-bond acceptors (Lipinski definition) is 5. The van der Waals surface area contributed by atoms with Crippen LogP contribution in [0.15, 0.2) is 41.4 Å². The molecular weight excluding hydrogens is 375 g/mol. The summed E-state index contributed by atoms with van der Waals surface area (Å²) in [4.78, 5) is 16.3. The van der Waals surface area contributed by atoms with E-state index >= 15 is 0 Å². The normalized spacial score (nSPS) is 15.2. The van der Waals surface area contributed by atoms with Gasteiger partial charge in [0, 0.05) is 30.9 Å². The standard InChI is InChI=1S/C19H18F3N3O3/c20-19(21,22)14-7-8-16(24-9-2-1-3-10-24)15(11-14)23-12-13-5-4-6-17(18(13)26)25(27)28/h4-8,11-12,26H,1-3,9-10H2. The number of nitro groups is 1. The second kappa shape index (κ2) is 7.87. The van der Waals surface area contributed by atoms with Crippen molar-refractivity contribution in [2.75, 3.05) is 18.0 Å². The van der Waals surface area contributed by atoms with Gasteiger partial charge in [-0.1, -0.05) is 6.07 Å². The van der Waals surface area contributed by atoms with Gasteiger partial charge in [-0.3, -0.25) is 15.1 Å². The number of hydrogen-bond donors (Lipinski definition) is 1. The second-order valence-electron chi connectivity index (χ2n) is 6.48. The van der Waals surface area contributed by atoms with Crippen LogP contribution in [0.4, 0.5) is 30.2 Å². The fourth-order valence-electron chi connectivity index (χ4n) is 3.14. The maximum absolute atomic E-state index is 13.1. The molecule has 148 valence electrons. The molecule has 2 aromatic carbocycles. The number of benzene rings is 2. The Balaban J connectivity index is 2.02. The molecule has 1 saturated heterocycles. The van der Waals surface area contributed by atoms with E-state index in [-0.39, 0.29) is 11.3 Å². The van der Waals surface area contributed by atoms with E-state index in [9.17, 15) is 28.4 Å². The van der Waals surface area contributed by atoms with E-state index in [1.165, 1.54) is 18.2 Å². The topological polar surface area (TPSA) is 79.0 Å². The fraction of sp³-hybridized carbons (Fsp3) is 0.316. The molecule has 1 aliphatic heterocycles. The maximum Gasteiger partial charge on any atom is 0.416 e. The molecule has 2 aromatic rings. The van der Waals surface area contributed by atoms with Gasteiger partial charge in [0.05, 0.1) is 21.9 Å². The molecular formula is C19H18F3N3O3. The van der Waals surface area contributed by atoms with E-state index in [1.807, 2.05) is 4.90 Å². The maximum atomic E-state index is 13.1. The van der Waals surface area contributed by atoms with Crippen LogP contribution in [0, 0.1) is 10.1 Å². The van der Waals surface area contributed by atoms with Crippen molar-refractivity contribution >= 4 is 23.3 Å². The van der Waals surface area contributed by atoms with Crippen LogP contribution in [0.2, 0.25) is 0 Å². The lowest BCUT2D eigenvalue weighted by atomic mass is 10.1. The van der Waals surface area contributed by atoms with Crippen LogP contribution in [-0.4, -0.2) is 29.3 Å². The lowest BCUT2D eigenvalue weighted by molar-refractivity contribution is -0.385. The minimum absolute atomic E-state index is 0.0520. The van der Waals surface area contributed by atoms with Crippen LogP contribution in [0.3, 0.4) is 0 Å². The molecule has 0 spiro atoms. The number of aromatic hydroxyl groups is 1. The highest BCUT2D eigenvalue weighted by atomic mass is 19.4. The van der Waals surface area contributed by atoms with Gasteiger partial charge < -0.3 is 10.0 Å². The van der Waals surface area contributed by atoms with E-state index in [4.69, 9.17) is 0 Å². The summed E-state index contributed by atoms with van der Waals surface area (Å²) in [6, 6.07) is 7.28. The molecule has 0 bridgehead atoms. The number of piperidine rings is 1. The smallest absolute Gasteiger partial charge is 0.416 e. The fourth-order valence-corrected chi connectivity index (χ4v) is 3.14. The number of aliphatic imine (C=N–C) groups is 1. The highest BCUT2D eigenvalue weighted by Gasteiger charge is 2.31. The Kier molecular flexibility index (Phi) is 5.53. The van der Waals surface area contributed by atoms with Crippen molar-refractivity contribution < 1.29 is 23.2 Å². The van der Waals surface area contributed by atoms with Crippen molar-refractivity contribution in [1.82, 2.24) is 0 Å². The van der Waals surface area contributed by atoms with Gasteiger partial charge in [-0.15, -0.1) is 0 Å². The third kappa shape index (κ3) is 4.24. The first-order valence-electron chi connectivity index (χ1n) is 8.74. The lowest BCUT2D eigenvalue weighted by Gasteiger charge is -2.30. The van der Waals surface area contributed by atoms with Gasteiger partial charge in [0.2, 0.25) is 5.75 Å². The summed E-state index contributed by atoms with van der Waals surface area (Å²) < 4.78 is 39.4. The first-order valence-corrected chi connectivity index (χ1v) is 8.74. The number of phenols is 1. The summed E-state index contributed by atoms with van der Waals surface area (Å²) in [6.07, 6.45) is -0.424. The second-order valence-corrected chi connectivity index (χ2v) is 6.48. The molecule has 0 aromatic heterocycles. The van der Waals surface area contributed by atoms with Crippen LogP contribution in [0.5, 0.6) is 5.75 Å². The lowest BCUT2D eigenvalue weighted by Crippen LogP contribution is -2.29. The minimum Gasteiger partial charge on any atom is -0.502 e. The van der Waals surface area contributed by atoms with E-state index in [1.54, 1.807) is 0 Å². The molecule has 1 heterocycles. The van der Waals surface area contributed by atoms with E-state index in [0.717, 1.165) is 56.8 Å². The Hall–Kier alpha value is -3.10. The molecule has 1 N–H and O–H groups in total. The van der Waals surface area contributed by atoms with Gasteiger partial charge in [-0.05, 0) is 43.5 Å². The molecule has 0 amide bonds. The molecule has 1 aliphatic rings. The van der Waals surface area contributed by atoms with Gasteiger partial charge >= 0.3 is 11.9 Å². The minimum atomic E-state index is -4.52. The molecule has 6 nitrogen and oxygen atoms in total. The first-order chi connectivity index (χ1) is 13.3. The predicted molar refractivity (Wildman–Crippen MR) is 99.5 cm³/mol.